The molecule has 6 aromatic carbocycles. The number of furan rings is 1. The summed E-state index contributed by atoms with van der Waals surface area (Å²) in [5, 5.41) is 2.13. The first kappa shape index (κ1) is 32.3. The summed E-state index contributed by atoms with van der Waals surface area (Å²) in [6.45, 7) is 5.77. The summed E-state index contributed by atoms with van der Waals surface area (Å²) >= 11 is 0. The molecule has 0 aliphatic carbocycles. The summed E-state index contributed by atoms with van der Waals surface area (Å²) in [5.74, 6) is 0.919. The van der Waals surface area contributed by atoms with Crippen LogP contribution in [0.3, 0.4) is 0 Å². The molecule has 0 fully saturated rings. The first-order valence-electron chi connectivity index (χ1n) is 18.1. The second-order valence-electron chi connectivity index (χ2n) is 13.4. The second kappa shape index (κ2) is 14.9. The molecule has 257 valence electrons. The van der Waals surface area contributed by atoms with E-state index in [-0.39, 0.29) is 20.1 Å². The first-order valence-corrected chi connectivity index (χ1v) is 17.1. The van der Waals surface area contributed by atoms with Gasteiger partial charge in [0.15, 0.2) is 0 Å². The Morgan fingerprint density at radius 3 is 2.25 bits per heavy atom. The average Bonchev–Trinajstić information content (AvgIpc) is 3.78. The number of aromatic nitrogens is 3. The molecule has 3 aromatic heterocycles. The Labute approximate surface area is 321 Å². The molecule has 9 aromatic rings. The van der Waals surface area contributed by atoms with Gasteiger partial charge in [0.05, 0.1) is 22.4 Å². The fraction of sp³-hybridized carbons (Fsp3) is 0.106. The molecule has 0 saturated heterocycles. The van der Waals surface area contributed by atoms with Crippen molar-refractivity contribution in [1.82, 2.24) is 14.5 Å². The number of benzene rings is 6. The topological polar surface area (TPSA) is 43.9 Å². The summed E-state index contributed by atoms with van der Waals surface area (Å²) in [6.07, 6.45) is 0.378. The van der Waals surface area contributed by atoms with Crippen LogP contribution in [0.25, 0.3) is 72.4 Å². The van der Waals surface area contributed by atoms with Gasteiger partial charge in [-0.2, -0.15) is 0 Å². The van der Waals surface area contributed by atoms with E-state index in [9.17, 15) is 0 Å². The van der Waals surface area contributed by atoms with Gasteiger partial charge in [-0.1, -0.05) is 111 Å². The van der Waals surface area contributed by atoms with Crippen LogP contribution in [0.2, 0.25) is 0 Å². The van der Waals surface area contributed by atoms with Crippen molar-refractivity contribution in [2.75, 3.05) is 0 Å². The van der Waals surface area contributed by atoms with Gasteiger partial charge in [-0.25, -0.2) is 0 Å². The minimum atomic E-state index is -1.42. The van der Waals surface area contributed by atoms with Crippen LogP contribution < -0.4 is 0 Å². The van der Waals surface area contributed by atoms with Gasteiger partial charge >= 0.3 is 0 Å². The summed E-state index contributed by atoms with van der Waals surface area (Å²) in [4.78, 5) is 9.38. The molecule has 3 heterocycles. The Morgan fingerprint density at radius 2 is 1.46 bits per heavy atom. The Bertz CT molecular complexity index is 2680. The third-order valence-electron chi connectivity index (χ3n) is 8.62. The van der Waals surface area contributed by atoms with Gasteiger partial charge in [0.1, 0.15) is 5.58 Å². The zero-order valence-electron chi connectivity index (χ0n) is 31.1. The standard InChI is InChI=1S/C28H24NO.C19H13N2.Ir/c1-28(2,3)18-19-11-13-20(14-12-19)21-15-16-29-25(17-21)24-9-6-8-23-22-7-4-5-10-26(22)30-27(23)24;1-3-9-15(10-4-1)19-20-17-13-7-8-14-18(17)21(19)16-11-5-2-6-12-16;/h4-8,10-17H,18H2,1-3H3;1-9,11-14H;/q2*-1;/i18D2;;. The number of hydrogen-bond acceptors (Lipinski definition) is 3. The molecule has 0 spiro atoms. The molecule has 9 rings (SSSR count). The number of rotatable bonds is 5. The zero-order chi connectivity index (χ0) is 36.6. The number of imidazole rings is 1. The van der Waals surface area contributed by atoms with E-state index in [1.807, 2.05) is 148 Å². The van der Waals surface area contributed by atoms with Crippen LogP contribution in [0.4, 0.5) is 0 Å². The Kier molecular flexibility index (Phi) is 9.28. The van der Waals surface area contributed by atoms with Crippen LogP contribution in [0.1, 0.15) is 29.1 Å². The predicted molar refractivity (Wildman–Crippen MR) is 210 cm³/mol. The van der Waals surface area contributed by atoms with Crippen LogP contribution in [0.15, 0.2) is 162 Å². The van der Waals surface area contributed by atoms with E-state index in [0.717, 1.165) is 72.4 Å². The molecule has 5 heteroatoms. The van der Waals surface area contributed by atoms with Crippen molar-refractivity contribution >= 4 is 33.0 Å². The average molecular weight is 854 g/mol. The Hall–Kier alpha value is -5.61. The van der Waals surface area contributed by atoms with E-state index in [4.69, 9.17) is 12.1 Å². The maximum absolute atomic E-state index is 8.51. The Morgan fingerprint density at radius 1 is 0.712 bits per heavy atom. The van der Waals surface area contributed by atoms with Crippen molar-refractivity contribution < 1.29 is 27.3 Å². The number of pyridine rings is 1. The zero-order valence-corrected chi connectivity index (χ0v) is 31.5. The van der Waals surface area contributed by atoms with Gasteiger partial charge < -0.3 is 14.0 Å². The molecule has 0 N–H and O–H groups in total. The maximum Gasteiger partial charge on any atom is 0.120 e. The van der Waals surface area contributed by atoms with E-state index in [1.165, 1.54) is 0 Å². The van der Waals surface area contributed by atoms with Crippen LogP contribution in [-0.2, 0) is 26.5 Å². The van der Waals surface area contributed by atoms with E-state index >= 15 is 0 Å². The number of fused-ring (bicyclic) bond motifs is 4. The third kappa shape index (κ3) is 7.25. The van der Waals surface area contributed by atoms with Gasteiger partial charge in [0.25, 0.3) is 0 Å². The normalized spacial score (nSPS) is 12.1. The summed E-state index contributed by atoms with van der Waals surface area (Å²) in [6, 6.07) is 56.7. The fourth-order valence-electron chi connectivity index (χ4n) is 6.38. The molecular weight excluding hydrogens is 815 g/mol. The number of para-hydroxylation sites is 4. The van der Waals surface area contributed by atoms with Crippen LogP contribution >= 0.6 is 0 Å². The molecule has 0 unspecified atom stereocenters. The van der Waals surface area contributed by atoms with E-state index in [0.29, 0.717) is 5.56 Å². The molecule has 0 saturated carbocycles. The van der Waals surface area contributed by atoms with Crippen molar-refractivity contribution in [2.45, 2.75) is 27.1 Å². The third-order valence-corrected chi connectivity index (χ3v) is 8.62. The summed E-state index contributed by atoms with van der Waals surface area (Å²) in [7, 11) is 0. The quantitative estimate of drug-likeness (QED) is 0.162. The van der Waals surface area contributed by atoms with E-state index in [1.54, 1.807) is 6.20 Å². The van der Waals surface area contributed by atoms with Gasteiger partial charge in [-0.3, -0.25) is 4.98 Å². The number of nitrogens with zero attached hydrogens (tertiary/aromatic N) is 3. The van der Waals surface area contributed by atoms with Crippen LogP contribution in [0.5, 0.6) is 0 Å². The monoisotopic (exact) mass is 854 g/mol. The summed E-state index contributed by atoms with van der Waals surface area (Å²) < 4.78 is 25.3. The summed E-state index contributed by atoms with van der Waals surface area (Å²) in [5.41, 5.74) is 9.69. The van der Waals surface area contributed by atoms with Gasteiger partial charge in [-0.05, 0) is 70.6 Å². The maximum atomic E-state index is 8.51. The SMILES string of the molecule is [2H]C([2H])(c1ccc(-c2ccnc(-c3[c-]ccc4c3oc3ccccc34)c2)cc1)C(C)(C)C.[Ir].[c-]1ccccc1-c1nc2ccccc2n1-c1ccccc1. The Balaban J connectivity index is 0.000000177. The second-order valence-corrected chi connectivity index (χ2v) is 13.4. The molecule has 1 radical (unpaired) electrons. The fourth-order valence-corrected chi connectivity index (χ4v) is 6.38. The molecule has 0 atom stereocenters. The molecule has 4 nitrogen and oxygen atoms in total. The van der Waals surface area contributed by atoms with Gasteiger partial charge in [-0.15, -0.1) is 54.1 Å². The first-order chi connectivity index (χ1) is 25.7. The largest absolute Gasteiger partial charge is 0.501 e. The minimum absolute atomic E-state index is 0. The smallest absolute Gasteiger partial charge is 0.120 e. The van der Waals surface area contributed by atoms with Crippen molar-refractivity contribution in [1.29, 1.82) is 0 Å². The molecule has 0 amide bonds. The van der Waals surface area contributed by atoms with Crippen LogP contribution in [-0.4, -0.2) is 14.5 Å². The molecule has 0 bridgehead atoms. The van der Waals surface area contributed by atoms with Crippen molar-refractivity contribution in [3.8, 4) is 39.5 Å². The molecule has 0 aliphatic rings. The van der Waals surface area contributed by atoms with Gasteiger partial charge in [0.2, 0.25) is 0 Å². The minimum Gasteiger partial charge on any atom is -0.501 e. The van der Waals surface area contributed by atoms with E-state index < -0.39 is 11.8 Å². The molecule has 52 heavy (non-hydrogen) atoms. The van der Waals surface area contributed by atoms with Crippen molar-refractivity contribution in [3.05, 3.63) is 176 Å². The van der Waals surface area contributed by atoms with Gasteiger partial charge in [0, 0.05) is 40.1 Å². The predicted octanol–water partition coefficient (Wildman–Crippen LogP) is 12.2. The van der Waals surface area contributed by atoms with Crippen molar-refractivity contribution in [2.24, 2.45) is 5.41 Å². The number of hydrogen-bond donors (Lipinski definition) is 0. The molecule has 0 aliphatic heterocycles. The van der Waals surface area contributed by atoms with Crippen molar-refractivity contribution in [3.63, 3.8) is 0 Å². The van der Waals surface area contributed by atoms with E-state index in [2.05, 4.69) is 45.9 Å². The molecular formula is C47H37IrN3O-2. The van der Waals surface area contributed by atoms with Crippen LogP contribution in [0, 0.1) is 17.5 Å².